The highest BCUT2D eigenvalue weighted by molar-refractivity contribution is 5.28. The Bertz CT molecular complexity index is 412. The zero-order valence-corrected chi connectivity index (χ0v) is 11.9. The zero-order valence-electron chi connectivity index (χ0n) is 11.9. The van der Waals surface area contributed by atoms with E-state index < -0.39 is 0 Å². The number of rotatable bonds is 3. The normalized spacial score (nSPS) is 28.7. The van der Waals surface area contributed by atoms with Crippen molar-refractivity contribution < 1.29 is 0 Å². The van der Waals surface area contributed by atoms with Crippen LogP contribution in [0.1, 0.15) is 23.5 Å². The van der Waals surface area contributed by atoms with Crippen LogP contribution in [-0.2, 0) is 6.42 Å². The molecular formula is C16H25N3. The fourth-order valence-electron chi connectivity index (χ4n) is 3.33. The van der Waals surface area contributed by atoms with Gasteiger partial charge in [0.25, 0.3) is 0 Å². The largest absolute Gasteiger partial charge is 0.316 e. The first kappa shape index (κ1) is 13.1. The van der Waals surface area contributed by atoms with Crippen LogP contribution in [0.2, 0.25) is 0 Å². The lowest BCUT2D eigenvalue weighted by molar-refractivity contribution is 0.238. The average molecular weight is 259 g/mol. The van der Waals surface area contributed by atoms with E-state index in [4.69, 9.17) is 0 Å². The van der Waals surface area contributed by atoms with Gasteiger partial charge in [-0.25, -0.2) is 0 Å². The molecular weight excluding hydrogens is 234 g/mol. The van der Waals surface area contributed by atoms with Crippen LogP contribution in [-0.4, -0.2) is 50.7 Å². The third-order valence-electron chi connectivity index (χ3n) is 4.42. The Morgan fingerprint density at radius 2 is 2.26 bits per heavy atom. The molecule has 19 heavy (non-hydrogen) atoms. The van der Waals surface area contributed by atoms with Gasteiger partial charge >= 0.3 is 0 Å². The molecule has 2 atom stereocenters. The Morgan fingerprint density at radius 1 is 1.32 bits per heavy atom. The Hall–Kier alpha value is -0.900. The van der Waals surface area contributed by atoms with Gasteiger partial charge in [-0.2, -0.15) is 0 Å². The maximum atomic E-state index is 3.63. The van der Waals surface area contributed by atoms with E-state index in [1.807, 2.05) is 0 Å². The van der Waals surface area contributed by atoms with Gasteiger partial charge in [0.1, 0.15) is 0 Å². The maximum absolute atomic E-state index is 3.63. The molecule has 0 bridgehead atoms. The van der Waals surface area contributed by atoms with Gasteiger partial charge in [-0.3, -0.25) is 0 Å². The lowest BCUT2D eigenvalue weighted by Crippen LogP contribution is -2.49. The van der Waals surface area contributed by atoms with E-state index in [2.05, 4.69) is 46.8 Å². The monoisotopic (exact) mass is 259 g/mol. The van der Waals surface area contributed by atoms with E-state index in [1.54, 1.807) is 0 Å². The second kappa shape index (κ2) is 6.04. The first-order valence-electron chi connectivity index (χ1n) is 7.53. The van der Waals surface area contributed by atoms with Crippen molar-refractivity contribution >= 4 is 0 Å². The van der Waals surface area contributed by atoms with Gasteiger partial charge in [-0.1, -0.05) is 24.3 Å². The molecule has 0 saturated carbocycles. The smallest absolute Gasteiger partial charge is 0.0235 e. The molecule has 0 radical (unpaired) electrons. The van der Waals surface area contributed by atoms with Crippen LogP contribution in [0.4, 0.5) is 0 Å². The van der Waals surface area contributed by atoms with Crippen molar-refractivity contribution in [1.82, 2.24) is 15.5 Å². The van der Waals surface area contributed by atoms with Crippen molar-refractivity contribution in [1.29, 1.82) is 0 Å². The minimum absolute atomic E-state index is 0.607. The third kappa shape index (κ3) is 3.35. The van der Waals surface area contributed by atoms with Crippen LogP contribution in [0.3, 0.4) is 0 Å². The predicted molar refractivity (Wildman–Crippen MR) is 79.7 cm³/mol. The van der Waals surface area contributed by atoms with Gasteiger partial charge in [0.15, 0.2) is 0 Å². The van der Waals surface area contributed by atoms with E-state index in [9.17, 15) is 0 Å². The summed E-state index contributed by atoms with van der Waals surface area (Å²) < 4.78 is 0. The van der Waals surface area contributed by atoms with Crippen molar-refractivity contribution in [3.05, 3.63) is 35.4 Å². The molecule has 2 fully saturated rings. The molecule has 1 aromatic carbocycles. The summed E-state index contributed by atoms with van der Waals surface area (Å²) in [7, 11) is 2.22. The minimum atomic E-state index is 0.607. The minimum Gasteiger partial charge on any atom is -0.316 e. The van der Waals surface area contributed by atoms with Gasteiger partial charge in [0.05, 0.1) is 0 Å². The number of benzene rings is 1. The molecule has 0 aromatic heterocycles. The van der Waals surface area contributed by atoms with E-state index in [-0.39, 0.29) is 0 Å². The number of nitrogens with zero attached hydrogens (tertiary/aromatic N) is 1. The van der Waals surface area contributed by atoms with E-state index in [1.165, 1.54) is 30.6 Å². The molecule has 104 valence electrons. The quantitative estimate of drug-likeness (QED) is 0.854. The highest BCUT2D eigenvalue weighted by Crippen LogP contribution is 2.23. The van der Waals surface area contributed by atoms with Crippen molar-refractivity contribution in [2.24, 2.45) is 0 Å². The molecule has 2 unspecified atom stereocenters. The third-order valence-corrected chi connectivity index (χ3v) is 4.42. The summed E-state index contributed by atoms with van der Waals surface area (Å²) in [6.45, 7) is 5.77. The average Bonchev–Trinajstić information content (AvgIpc) is 2.93. The van der Waals surface area contributed by atoms with E-state index in [0.717, 1.165) is 32.0 Å². The Kier molecular flexibility index (Phi) is 4.16. The summed E-state index contributed by atoms with van der Waals surface area (Å²) in [6, 6.07) is 9.84. The van der Waals surface area contributed by atoms with Crippen LogP contribution in [0.5, 0.6) is 0 Å². The second-order valence-corrected chi connectivity index (χ2v) is 6.05. The fourth-order valence-corrected chi connectivity index (χ4v) is 3.33. The number of hydrogen-bond donors (Lipinski definition) is 2. The number of piperazine rings is 1. The van der Waals surface area contributed by atoms with Gasteiger partial charge in [0, 0.05) is 32.2 Å². The summed E-state index contributed by atoms with van der Waals surface area (Å²) in [5, 5.41) is 7.09. The first-order chi connectivity index (χ1) is 9.31. The van der Waals surface area contributed by atoms with Crippen LogP contribution in [0, 0.1) is 0 Å². The van der Waals surface area contributed by atoms with Crippen LogP contribution < -0.4 is 10.6 Å². The molecule has 0 aliphatic carbocycles. The maximum Gasteiger partial charge on any atom is 0.0235 e. The van der Waals surface area contributed by atoms with Gasteiger partial charge in [0.2, 0.25) is 0 Å². The number of nitrogens with one attached hydrogen (secondary N) is 2. The van der Waals surface area contributed by atoms with Crippen LogP contribution in [0.25, 0.3) is 0 Å². The van der Waals surface area contributed by atoms with Crippen molar-refractivity contribution in [3.8, 4) is 0 Å². The predicted octanol–water partition coefficient (Wildman–Crippen LogP) is 1.21. The molecule has 2 aliphatic heterocycles. The number of likely N-dealkylation sites (N-methyl/N-ethyl adjacent to an activating group) is 1. The van der Waals surface area contributed by atoms with E-state index in [0.29, 0.717) is 6.04 Å². The fraction of sp³-hybridized carbons (Fsp3) is 0.625. The standard InChI is InChI=1S/C16H25N3/c1-19-8-7-18-16(12-19)10-13-3-2-4-14(9-13)15-5-6-17-11-15/h2-4,9,15-18H,5-8,10-12H2,1H3. The number of hydrogen-bond acceptors (Lipinski definition) is 3. The van der Waals surface area contributed by atoms with Gasteiger partial charge in [-0.15, -0.1) is 0 Å². The molecule has 2 aliphatic rings. The molecule has 1 aromatic rings. The molecule has 3 heteroatoms. The molecule has 3 nitrogen and oxygen atoms in total. The highest BCUT2D eigenvalue weighted by atomic mass is 15.2. The Labute approximate surface area is 116 Å². The van der Waals surface area contributed by atoms with Crippen LogP contribution >= 0.6 is 0 Å². The van der Waals surface area contributed by atoms with E-state index >= 15 is 0 Å². The molecule has 3 rings (SSSR count). The van der Waals surface area contributed by atoms with Crippen molar-refractivity contribution in [2.45, 2.75) is 24.8 Å². The summed E-state index contributed by atoms with van der Waals surface area (Å²) >= 11 is 0. The van der Waals surface area contributed by atoms with Gasteiger partial charge in [-0.05, 0) is 43.5 Å². The molecule has 2 heterocycles. The van der Waals surface area contributed by atoms with Crippen LogP contribution in [0.15, 0.2) is 24.3 Å². The second-order valence-electron chi connectivity index (χ2n) is 6.05. The first-order valence-corrected chi connectivity index (χ1v) is 7.53. The summed E-state index contributed by atoms with van der Waals surface area (Å²) in [5.41, 5.74) is 3.00. The lowest BCUT2D eigenvalue weighted by atomic mass is 9.94. The SMILES string of the molecule is CN1CCNC(Cc2cccc(C3CCNC3)c2)C1. The Morgan fingerprint density at radius 3 is 3.05 bits per heavy atom. The van der Waals surface area contributed by atoms with Crippen molar-refractivity contribution in [2.75, 3.05) is 39.8 Å². The lowest BCUT2D eigenvalue weighted by Gasteiger charge is -2.31. The molecule has 0 spiro atoms. The van der Waals surface area contributed by atoms with Gasteiger partial charge < -0.3 is 15.5 Å². The molecule has 0 amide bonds. The molecule has 2 saturated heterocycles. The highest BCUT2D eigenvalue weighted by Gasteiger charge is 2.19. The summed E-state index contributed by atoms with van der Waals surface area (Å²) in [5.74, 6) is 0.724. The molecule has 2 N–H and O–H groups in total. The Balaban J connectivity index is 1.65. The summed E-state index contributed by atoms with van der Waals surface area (Å²) in [4.78, 5) is 2.42. The summed E-state index contributed by atoms with van der Waals surface area (Å²) in [6.07, 6.45) is 2.44. The zero-order chi connectivity index (χ0) is 13.1. The van der Waals surface area contributed by atoms with Crippen molar-refractivity contribution in [3.63, 3.8) is 0 Å². The topological polar surface area (TPSA) is 27.3 Å².